The van der Waals surface area contributed by atoms with Crippen LogP contribution in [0.1, 0.15) is 0 Å². The molecule has 1 aliphatic heterocycles. The zero-order valence-corrected chi connectivity index (χ0v) is 13.4. The van der Waals surface area contributed by atoms with Crippen molar-refractivity contribution in [1.82, 2.24) is 10.9 Å². The first-order valence-corrected chi connectivity index (χ1v) is 7.55. The number of rotatable bonds is 4. The zero-order valence-electron chi connectivity index (χ0n) is 12.6. The largest absolute Gasteiger partial charge is 0.484 e. The van der Waals surface area contributed by atoms with Gasteiger partial charge in [0.25, 0.3) is 5.91 Å². The summed E-state index contributed by atoms with van der Waals surface area (Å²) in [5, 5.41) is 3.21. The molecule has 3 rings (SSSR count). The summed E-state index contributed by atoms with van der Waals surface area (Å²) in [6.45, 7) is 0.0235. The van der Waals surface area contributed by atoms with E-state index in [0.29, 0.717) is 17.2 Å². The summed E-state index contributed by atoms with van der Waals surface area (Å²) >= 11 is 5.08. The molecular weight excluding hydrogens is 330 g/mol. The lowest BCUT2D eigenvalue weighted by atomic mass is 10.3. The van der Waals surface area contributed by atoms with Gasteiger partial charge in [0.1, 0.15) is 5.75 Å². The SMILES string of the molecule is O=C(COc1ccc2c(c1)OCO2)NNC(=S)Nc1ccccc1. The normalized spacial score (nSPS) is 11.5. The minimum Gasteiger partial charge on any atom is -0.484 e. The predicted octanol–water partition coefficient (Wildman–Crippen LogP) is 1.81. The highest BCUT2D eigenvalue weighted by Crippen LogP contribution is 2.34. The molecule has 0 atom stereocenters. The van der Waals surface area contributed by atoms with Gasteiger partial charge in [0.15, 0.2) is 23.2 Å². The van der Waals surface area contributed by atoms with Crippen molar-refractivity contribution < 1.29 is 19.0 Å². The van der Waals surface area contributed by atoms with Crippen LogP contribution in [0.4, 0.5) is 5.69 Å². The molecule has 0 radical (unpaired) electrons. The number of benzene rings is 2. The summed E-state index contributed by atoms with van der Waals surface area (Å²) in [5.74, 6) is 1.40. The Morgan fingerprint density at radius 3 is 2.71 bits per heavy atom. The lowest BCUT2D eigenvalue weighted by molar-refractivity contribution is -0.123. The number of para-hydroxylation sites is 1. The van der Waals surface area contributed by atoms with Crippen LogP contribution >= 0.6 is 12.2 Å². The van der Waals surface area contributed by atoms with Crippen LogP contribution in [0.15, 0.2) is 48.5 Å². The Balaban J connectivity index is 1.40. The molecule has 7 nitrogen and oxygen atoms in total. The third-order valence-corrected chi connectivity index (χ3v) is 3.27. The lowest BCUT2D eigenvalue weighted by Gasteiger charge is -2.12. The van der Waals surface area contributed by atoms with Crippen LogP contribution in [-0.4, -0.2) is 24.4 Å². The maximum Gasteiger partial charge on any atom is 0.276 e. The molecule has 3 N–H and O–H groups in total. The van der Waals surface area contributed by atoms with E-state index in [4.69, 9.17) is 26.4 Å². The molecule has 1 amide bonds. The molecule has 0 aliphatic carbocycles. The van der Waals surface area contributed by atoms with Crippen LogP contribution in [-0.2, 0) is 4.79 Å². The Morgan fingerprint density at radius 2 is 1.88 bits per heavy atom. The fourth-order valence-electron chi connectivity index (χ4n) is 1.96. The van der Waals surface area contributed by atoms with E-state index in [2.05, 4.69) is 16.2 Å². The quantitative estimate of drug-likeness (QED) is 0.576. The standard InChI is InChI=1S/C16H15N3O4S/c20-15(18-19-16(24)17-11-4-2-1-3-5-11)9-21-12-6-7-13-14(8-12)23-10-22-13/h1-8H,9-10H2,(H,18,20)(H2,17,19,24). The number of carbonyl (C=O) groups excluding carboxylic acids is 1. The van der Waals surface area contributed by atoms with E-state index in [-0.39, 0.29) is 24.4 Å². The Labute approximate surface area is 143 Å². The molecule has 24 heavy (non-hydrogen) atoms. The first-order chi connectivity index (χ1) is 11.7. The topological polar surface area (TPSA) is 80.9 Å². The Morgan fingerprint density at radius 1 is 1.08 bits per heavy atom. The third kappa shape index (κ3) is 4.26. The number of amides is 1. The predicted molar refractivity (Wildman–Crippen MR) is 92.0 cm³/mol. The van der Waals surface area contributed by atoms with E-state index >= 15 is 0 Å². The minimum absolute atomic E-state index is 0.166. The van der Waals surface area contributed by atoms with Crippen molar-refractivity contribution in [2.75, 3.05) is 18.7 Å². The van der Waals surface area contributed by atoms with Gasteiger partial charge in [-0.15, -0.1) is 0 Å². The fourth-order valence-corrected chi connectivity index (χ4v) is 2.13. The molecule has 2 aromatic rings. The van der Waals surface area contributed by atoms with Gasteiger partial charge in [0.2, 0.25) is 6.79 Å². The average molecular weight is 345 g/mol. The summed E-state index contributed by atoms with van der Waals surface area (Å²) in [6, 6.07) is 14.5. The molecule has 1 heterocycles. The van der Waals surface area contributed by atoms with E-state index in [0.717, 1.165) is 5.69 Å². The summed E-state index contributed by atoms with van der Waals surface area (Å²) in [5.41, 5.74) is 5.88. The zero-order chi connectivity index (χ0) is 16.8. The molecule has 124 valence electrons. The first-order valence-electron chi connectivity index (χ1n) is 7.14. The minimum atomic E-state index is -0.370. The van der Waals surface area contributed by atoms with Crippen molar-refractivity contribution in [1.29, 1.82) is 0 Å². The molecule has 0 aromatic heterocycles. The third-order valence-electron chi connectivity index (χ3n) is 3.06. The van der Waals surface area contributed by atoms with E-state index in [1.807, 2.05) is 30.3 Å². The average Bonchev–Trinajstić information content (AvgIpc) is 3.07. The second-order valence-corrected chi connectivity index (χ2v) is 5.21. The van der Waals surface area contributed by atoms with Crippen molar-refractivity contribution in [3.63, 3.8) is 0 Å². The van der Waals surface area contributed by atoms with Crippen molar-refractivity contribution in [2.24, 2.45) is 0 Å². The summed E-state index contributed by atoms with van der Waals surface area (Å²) in [4.78, 5) is 11.8. The van der Waals surface area contributed by atoms with E-state index in [9.17, 15) is 4.79 Å². The van der Waals surface area contributed by atoms with E-state index in [1.165, 1.54) is 0 Å². The number of nitrogens with one attached hydrogen (secondary N) is 3. The molecular formula is C16H15N3O4S. The van der Waals surface area contributed by atoms with Crippen LogP contribution in [0.3, 0.4) is 0 Å². The maximum atomic E-state index is 11.8. The first kappa shape index (κ1) is 15.9. The van der Waals surface area contributed by atoms with Gasteiger partial charge in [0.05, 0.1) is 0 Å². The van der Waals surface area contributed by atoms with Crippen molar-refractivity contribution >= 4 is 28.9 Å². The van der Waals surface area contributed by atoms with Crippen LogP contribution in [0.2, 0.25) is 0 Å². The second-order valence-electron chi connectivity index (χ2n) is 4.80. The molecule has 8 heteroatoms. The number of carbonyl (C=O) groups is 1. The molecule has 0 saturated carbocycles. The molecule has 1 aliphatic rings. The van der Waals surface area contributed by atoms with Gasteiger partial charge in [-0.05, 0) is 36.5 Å². The lowest BCUT2D eigenvalue weighted by Crippen LogP contribution is -2.45. The van der Waals surface area contributed by atoms with Gasteiger partial charge in [-0.25, -0.2) is 0 Å². The van der Waals surface area contributed by atoms with Crippen LogP contribution in [0.25, 0.3) is 0 Å². The Bertz CT molecular complexity index is 739. The van der Waals surface area contributed by atoms with Crippen LogP contribution in [0, 0.1) is 0 Å². The van der Waals surface area contributed by atoms with E-state index in [1.54, 1.807) is 18.2 Å². The maximum absolute atomic E-state index is 11.8. The molecule has 0 saturated heterocycles. The Kier molecular flexibility index (Phi) is 4.97. The highest BCUT2D eigenvalue weighted by Gasteiger charge is 2.14. The number of ether oxygens (including phenoxy) is 3. The van der Waals surface area contributed by atoms with Crippen molar-refractivity contribution in [2.45, 2.75) is 0 Å². The summed E-state index contributed by atoms with van der Waals surface area (Å²) < 4.78 is 15.8. The van der Waals surface area contributed by atoms with Gasteiger partial charge >= 0.3 is 0 Å². The van der Waals surface area contributed by atoms with E-state index < -0.39 is 0 Å². The molecule has 0 fully saturated rings. The van der Waals surface area contributed by atoms with Gasteiger partial charge in [0, 0.05) is 11.8 Å². The monoisotopic (exact) mass is 345 g/mol. The second kappa shape index (κ2) is 7.51. The highest BCUT2D eigenvalue weighted by molar-refractivity contribution is 7.80. The molecule has 0 bridgehead atoms. The highest BCUT2D eigenvalue weighted by atomic mass is 32.1. The summed E-state index contributed by atoms with van der Waals surface area (Å²) in [6.07, 6.45) is 0. The number of hydrazine groups is 1. The number of hydrogen-bond donors (Lipinski definition) is 3. The fraction of sp³-hybridized carbons (Fsp3) is 0.125. The van der Waals surface area contributed by atoms with Crippen LogP contribution < -0.4 is 30.4 Å². The Hall–Kier alpha value is -3.00. The van der Waals surface area contributed by atoms with Crippen LogP contribution in [0.5, 0.6) is 17.2 Å². The molecule has 0 unspecified atom stereocenters. The molecule has 0 spiro atoms. The number of fused-ring (bicyclic) bond motifs is 1. The number of thiocarbonyl (C=S) groups is 1. The van der Waals surface area contributed by atoms with Gasteiger partial charge in [-0.1, -0.05) is 18.2 Å². The summed E-state index contributed by atoms with van der Waals surface area (Å²) in [7, 11) is 0. The van der Waals surface area contributed by atoms with Crippen molar-refractivity contribution in [3.05, 3.63) is 48.5 Å². The van der Waals surface area contributed by atoms with Gasteiger partial charge < -0.3 is 19.5 Å². The van der Waals surface area contributed by atoms with Gasteiger partial charge in [-0.3, -0.25) is 15.6 Å². The smallest absolute Gasteiger partial charge is 0.276 e. The molecule has 2 aromatic carbocycles. The van der Waals surface area contributed by atoms with Crippen molar-refractivity contribution in [3.8, 4) is 17.2 Å². The number of anilines is 1. The van der Waals surface area contributed by atoms with Gasteiger partial charge in [-0.2, -0.15) is 0 Å². The number of hydrogen-bond acceptors (Lipinski definition) is 5.